The molecule has 0 aliphatic heterocycles. The van der Waals surface area contributed by atoms with Crippen molar-refractivity contribution in [2.75, 3.05) is 23.8 Å². The third kappa shape index (κ3) is 5.08. The molecule has 3 aromatic rings. The molecule has 2 aromatic carbocycles. The maximum absolute atomic E-state index is 8.89. The minimum atomic E-state index is 0.0230. The van der Waals surface area contributed by atoms with E-state index in [1.807, 2.05) is 49.4 Å². The Labute approximate surface area is 156 Å². The first-order chi connectivity index (χ1) is 12.6. The fourth-order valence-electron chi connectivity index (χ4n) is 2.27. The molecule has 3 N–H and O–H groups in total. The quantitative estimate of drug-likeness (QED) is 0.572. The first kappa shape index (κ1) is 18.0. The van der Waals surface area contributed by atoms with Gasteiger partial charge >= 0.3 is 0 Å². The maximum atomic E-state index is 8.89. The number of aromatic nitrogens is 2. The maximum Gasteiger partial charge on any atom is 0.224 e. The van der Waals surface area contributed by atoms with Crippen LogP contribution in [-0.4, -0.2) is 28.2 Å². The molecule has 0 spiro atoms. The molecule has 134 valence electrons. The molecule has 7 heteroatoms. The number of benzene rings is 2. The summed E-state index contributed by atoms with van der Waals surface area (Å²) in [5.41, 5.74) is 1.70. The van der Waals surface area contributed by atoms with Crippen molar-refractivity contribution in [1.82, 2.24) is 9.97 Å². The minimum absolute atomic E-state index is 0.0230. The van der Waals surface area contributed by atoms with Gasteiger partial charge in [0.25, 0.3) is 0 Å². The lowest BCUT2D eigenvalue weighted by Crippen LogP contribution is -2.10. The summed E-state index contributed by atoms with van der Waals surface area (Å²) < 4.78 is 5.78. The molecule has 0 aliphatic rings. The molecule has 0 fully saturated rings. The molecule has 26 heavy (non-hydrogen) atoms. The van der Waals surface area contributed by atoms with Crippen LogP contribution in [-0.2, 0) is 0 Å². The molecular weight excluding hydrogens is 352 g/mol. The summed E-state index contributed by atoms with van der Waals surface area (Å²) in [5, 5.41) is 15.8. The Bertz CT molecular complexity index is 854. The first-order valence-corrected chi connectivity index (χ1v) is 8.51. The van der Waals surface area contributed by atoms with E-state index in [1.165, 1.54) is 0 Å². The van der Waals surface area contributed by atoms with Gasteiger partial charge in [0.15, 0.2) is 0 Å². The Hall–Kier alpha value is -2.83. The van der Waals surface area contributed by atoms with Crippen LogP contribution in [0.15, 0.2) is 54.6 Å². The van der Waals surface area contributed by atoms with Crippen molar-refractivity contribution < 1.29 is 9.84 Å². The van der Waals surface area contributed by atoms with Gasteiger partial charge in [-0.1, -0.05) is 11.6 Å². The van der Waals surface area contributed by atoms with Crippen LogP contribution in [0.5, 0.6) is 11.5 Å². The van der Waals surface area contributed by atoms with Crippen LogP contribution in [0.3, 0.4) is 0 Å². The molecule has 0 saturated carbocycles. The molecule has 0 amide bonds. The summed E-state index contributed by atoms with van der Waals surface area (Å²) in [5.74, 6) is 2.59. The van der Waals surface area contributed by atoms with Crippen LogP contribution >= 0.6 is 11.6 Å². The van der Waals surface area contributed by atoms with Crippen molar-refractivity contribution in [3.63, 3.8) is 0 Å². The summed E-state index contributed by atoms with van der Waals surface area (Å²) in [7, 11) is 0. The predicted octanol–water partition coefficient (Wildman–Crippen LogP) is 4.38. The largest absolute Gasteiger partial charge is 0.457 e. The number of nitrogens with one attached hydrogen (secondary N) is 2. The highest BCUT2D eigenvalue weighted by atomic mass is 35.5. The van der Waals surface area contributed by atoms with E-state index in [1.54, 1.807) is 12.1 Å². The molecule has 1 aromatic heterocycles. The SMILES string of the molecule is Cc1cc(Nc2ccc(Oc3ccc(Cl)cc3)cc2)nc(NCCO)n1. The molecule has 0 atom stereocenters. The lowest BCUT2D eigenvalue weighted by atomic mass is 10.3. The molecular formula is C19H19ClN4O2. The summed E-state index contributed by atoms with van der Waals surface area (Å²) >= 11 is 5.87. The number of ether oxygens (including phenoxy) is 1. The highest BCUT2D eigenvalue weighted by Crippen LogP contribution is 2.25. The summed E-state index contributed by atoms with van der Waals surface area (Å²) in [6.07, 6.45) is 0. The number of anilines is 3. The molecule has 1 heterocycles. The summed E-state index contributed by atoms with van der Waals surface area (Å²) in [4.78, 5) is 8.65. The average Bonchev–Trinajstić information content (AvgIpc) is 2.63. The molecule has 0 radical (unpaired) electrons. The lowest BCUT2D eigenvalue weighted by Gasteiger charge is -2.10. The van der Waals surface area contributed by atoms with Gasteiger partial charge in [0.2, 0.25) is 5.95 Å². The van der Waals surface area contributed by atoms with Crippen molar-refractivity contribution in [2.45, 2.75) is 6.92 Å². The van der Waals surface area contributed by atoms with E-state index in [2.05, 4.69) is 20.6 Å². The third-order valence-corrected chi connectivity index (χ3v) is 3.68. The van der Waals surface area contributed by atoms with Crippen molar-refractivity contribution in [3.05, 3.63) is 65.3 Å². The standard InChI is InChI=1S/C19H19ClN4O2/c1-13-12-18(24-19(22-13)21-10-11-25)23-15-4-8-17(9-5-15)26-16-6-2-14(20)3-7-16/h2-9,12,25H,10-11H2,1H3,(H2,21,22,23,24). The fraction of sp³-hybridized carbons (Fsp3) is 0.158. The van der Waals surface area contributed by atoms with Gasteiger partial charge in [-0.25, -0.2) is 4.98 Å². The smallest absolute Gasteiger partial charge is 0.224 e. The van der Waals surface area contributed by atoms with Crippen molar-refractivity contribution in [1.29, 1.82) is 0 Å². The van der Waals surface area contributed by atoms with E-state index in [4.69, 9.17) is 21.4 Å². The van der Waals surface area contributed by atoms with Gasteiger partial charge in [-0.15, -0.1) is 0 Å². The van der Waals surface area contributed by atoms with Crippen LogP contribution in [0.4, 0.5) is 17.5 Å². The number of aliphatic hydroxyl groups excluding tert-OH is 1. The van der Waals surface area contributed by atoms with Crippen LogP contribution in [0, 0.1) is 6.92 Å². The summed E-state index contributed by atoms with van der Waals surface area (Å²) in [6, 6.07) is 16.6. The normalized spacial score (nSPS) is 10.4. The predicted molar refractivity (Wildman–Crippen MR) is 104 cm³/mol. The molecule has 0 bridgehead atoms. The van der Waals surface area contributed by atoms with E-state index in [9.17, 15) is 0 Å². The molecule has 3 rings (SSSR count). The number of hydrogen-bond acceptors (Lipinski definition) is 6. The minimum Gasteiger partial charge on any atom is -0.457 e. The second kappa shape index (κ2) is 8.51. The highest BCUT2D eigenvalue weighted by Gasteiger charge is 2.03. The topological polar surface area (TPSA) is 79.3 Å². The van der Waals surface area contributed by atoms with Crippen LogP contribution < -0.4 is 15.4 Å². The zero-order chi connectivity index (χ0) is 18.4. The van der Waals surface area contributed by atoms with Gasteiger partial charge in [0, 0.05) is 29.0 Å². The van der Waals surface area contributed by atoms with Crippen LogP contribution in [0.1, 0.15) is 5.69 Å². The molecule has 0 unspecified atom stereocenters. The Morgan fingerprint density at radius 2 is 1.65 bits per heavy atom. The molecule has 0 aliphatic carbocycles. The van der Waals surface area contributed by atoms with Gasteiger partial charge in [-0.3, -0.25) is 0 Å². The molecule has 6 nitrogen and oxygen atoms in total. The zero-order valence-corrected chi connectivity index (χ0v) is 15.0. The van der Waals surface area contributed by atoms with Gasteiger partial charge < -0.3 is 20.5 Å². The van der Waals surface area contributed by atoms with E-state index < -0.39 is 0 Å². The Kier molecular flexibility index (Phi) is 5.88. The Morgan fingerprint density at radius 3 is 2.31 bits per heavy atom. The van der Waals surface area contributed by atoms with E-state index >= 15 is 0 Å². The van der Waals surface area contributed by atoms with Gasteiger partial charge in [-0.05, 0) is 55.5 Å². The number of rotatable bonds is 7. The fourth-order valence-corrected chi connectivity index (χ4v) is 2.40. The number of nitrogens with zero attached hydrogens (tertiary/aromatic N) is 2. The Balaban J connectivity index is 1.67. The third-order valence-electron chi connectivity index (χ3n) is 3.43. The van der Waals surface area contributed by atoms with Crippen molar-refractivity contribution in [3.8, 4) is 11.5 Å². The molecule has 0 saturated heterocycles. The second-order valence-corrected chi connectivity index (χ2v) is 6.01. The number of halogens is 1. The van der Waals surface area contributed by atoms with Crippen LogP contribution in [0.2, 0.25) is 5.02 Å². The average molecular weight is 371 g/mol. The van der Waals surface area contributed by atoms with Gasteiger partial charge in [0.1, 0.15) is 17.3 Å². The van der Waals surface area contributed by atoms with Crippen LogP contribution in [0.25, 0.3) is 0 Å². The Morgan fingerprint density at radius 1 is 1.00 bits per heavy atom. The number of aliphatic hydroxyl groups is 1. The monoisotopic (exact) mass is 370 g/mol. The lowest BCUT2D eigenvalue weighted by molar-refractivity contribution is 0.311. The van der Waals surface area contributed by atoms with E-state index in [0.717, 1.165) is 22.9 Å². The van der Waals surface area contributed by atoms with Gasteiger partial charge in [0.05, 0.1) is 6.61 Å². The second-order valence-electron chi connectivity index (χ2n) is 5.57. The zero-order valence-electron chi connectivity index (χ0n) is 14.2. The number of aryl methyl sites for hydroxylation is 1. The van der Waals surface area contributed by atoms with Gasteiger partial charge in [-0.2, -0.15) is 4.98 Å². The summed E-state index contributed by atoms with van der Waals surface area (Å²) in [6.45, 7) is 2.31. The van der Waals surface area contributed by atoms with E-state index in [0.29, 0.717) is 23.3 Å². The highest BCUT2D eigenvalue weighted by molar-refractivity contribution is 6.30. The first-order valence-electron chi connectivity index (χ1n) is 8.13. The van der Waals surface area contributed by atoms with Crippen molar-refractivity contribution in [2.24, 2.45) is 0 Å². The van der Waals surface area contributed by atoms with Crippen molar-refractivity contribution >= 4 is 29.1 Å². The number of hydrogen-bond donors (Lipinski definition) is 3. The van der Waals surface area contributed by atoms with E-state index in [-0.39, 0.29) is 6.61 Å².